The van der Waals surface area contributed by atoms with Gasteiger partial charge in [0.2, 0.25) is 5.91 Å². The number of carbonyl (C=O) groups excluding carboxylic acids is 1. The summed E-state index contributed by atoms with van der Waals surface area (Å²) in [5.41, 5.74) is 5.85. The number of rotatable bonds is 6. The molecule has 0 aliphatic carbocycles. The van der Waals surface area contributed by atoms with Gasteiger partial charge >= 0.3 is 0 Å². The summed E-state index contributed by atoms with van der Waals surface area (Å²) in [6, 6.07) is 8.52. The lowest BCUT2D eigenvalue weighted by atomic mass is 10.1. The number of hydrogen-bond donors (Lipinski definition) is 1. The minimum Gasteiger partial charge on any atom is -0.356 e. The second-order valence-electron chi connectivity index (χ2n) is 6.36. The molecule has 0 saturated heterocycles. The second kappa shape index (κ2) is 8.69. The molecule has 1 N–H and O–H groups in total. The first kappa shape index (κ1) is 17.5. The van der Waals surface area contributed by atoms with Crippen LogP contribution in [-0.4, -0.2) is 20.5 Å². The van der Waals surface area contributed by atoms with Crippen molar-refractivity contribution in [3.05, 3.63) is 35.4 Å². The van der Waals surface area contributed by atoms with Crippen LogP contribution in [0.25, 0.3) is 0 Å². The van der Waals surface area contributed by atoms with Crippen molar-refractivity contribution in [1.29, 1.82) is 0 Å². The van der Waals surface area contributed by atoms with E-state index in [1.165, 1.54) is 5.56 Å². The maximum atomic E-state index is 11.1. The van der Waals surface area contributed by atoms with E-state index in [2.05, 4.69) is 60.7 Å². The van der Waals surface area contributed by atoms with Gasteiger partial charge in [-0.25, -0.2) is 0 Å². The molecule has 1 rings (SSSR count). The zero-order chi connectivity index (χ0) is 15.7. The van der Waals surface area contributed by atoms with Crippen molar-refractivity contribution in [3.8, 4) is 11.5 Å². The molecular weight excluding hydrogens is 274 g/mol. The third kappa shape index (κ3) is 8.36. The number of hydrogen-bond acceptors (Lipinski definition) is 1. The Bertz CT molecular complexity index is 520. The van der Waals surface area contributed by atoms with E-state index in [1.807, 2.05) is 6.92 Å². The molecule has 0 aromatic heterocycles. The number of nitrogens with one attached hydrogen (secondary N) is 1. The monoisotopic (exact) mass is 301 g/mol. The standard InChI is InChI=1S/C18H27NOSi/c1-5-18(20)19-13-7-6-9-16-10-8-11-17(15-16)12-14-21(2,3)4/h8,10-11,15H,5-7,9,13H2,1-4H3,(H,19,20). The predicted octanol–water partition coefficient (Wildman–Crippen LogP) is 3.76. The zero-order valence-electron chi connectivity index (χ0n) is 13.8. The summed E-state index contributed by atoms with van der Waals surface area (Å²) >= 11 is 0. The molecule has 0 heterocycles. The molecule has 0 aliphatic heterocycles. The molecule has 0 spiro atoms. The van der Waals surface area contributed by atoms with Crippen LogP contribution in [-0.2, 0) is 11.2 Å². The maximum absolute atomic E-state index is 11.1. The van der Waals surface area contributed by atoms with Crippen molar-refractivity contribution in [3.63, 3.8) is 0 Å². The molecule has 0 aliphatic rings. The fourth-order valence-electron chi connectivity index (χ4n) is 1.87. The molecule has 0 bridgehead atoms. The normalized spacial score (nSPS) is 10.7. The summed E-state index contributed by atoms with van der Waals surface area (Å²) in [6.45, 7) is 9.43. The van der Waals surface area contributed by atoms with Crippen LogP contribution >= 0.6 is 0 Å². The maximum Gasteiger partial charge on any atom is 0.219 e. The van der Waals surface area contributed by atoms with Crippen molar-refractivity contribution >= 4 is 14.0 Å². The van der Waals surface area contributed by atoms with E-state index in [-0.39, 0.29) is 5.91 Å². The molecule has 1 amide bonds. The molecular formula is C18H27NOSi. The molecule has 114 valence electrons. The summed E-state index contributed by atoms with van der Waals surface area (Å²) in [7, 11) is -1.31. The number of unbranched alkanes of at least 4 members (excludes halogenated alkanes) is 1. The number of aryl methyl sites for hydroxylation is 1. The highest BCUT2D eigenvalue weighted by Crippen LogP contribution is 2.08. The highest BCUT2D eigenvalue weighted by atomic mass is 28.3. The van der Waals surface area contributed by atoms with Crippen molar-refractivity contribution in [1.82, 2.24) is 5.32 Å². The van der Waals surface area contributed by atoms with Gasteiger partial charge in [0, 0.05) is 18.5 Å². The summed E-state index contributed by atoms with van der Waals surface area (Å²) in [6.07, 6.45) is 3.73. The lowest BCUT2D eigenvalue weighted by Crippen LogP contribution is -2.23. The Balaban J connectivity index is 2.42. The highest BCUT2D eigenvalue weighted by Gasteiger charge is 2.07. The Labute approximate surface area is 130 Å². The van der Waals surface area contributed by atoms with E-state index >= 15 is 0 Å². The van der Waals surface area contributed by atoms with Gasteiger partial charge in [-0.1, -0.05) is 44.6 Å². The lowest BCUT2D eigenvalue weighted by molar-refractivity contribution is -0.120. The van der Waals surface area contributed by atoms with E-state index in [0.717, 1.165) is 31.4 Å². The number of amides is 1. The van der Waals surface area contributed by atoms with Crippen LogP contribution in [0.3, 0.4) is 0 Å². The van der Waals surface area contributed by atoms with Gasteiger partial charge in [0.15, 0.2) is 0 Å². The van der Waals surface area contributed by atoms with Gasteiger partial charge in [-0.2, -0.15) is 0 Å². The quantitative estimate of drug-likeness (QED) is 0.484. The Hall–Kier alpha value is -1.53. The van der Waals surface area contributed by atoms with E-state index in [9.17, 15) is 4.79 Å². The molecule has 0 unspecified atom stereocenters. The first-order chi connectivity index (χ1) is 9.90. The van der Waals surface area contributed by atoms with Crippen LogP contribution in [0, 0.1) is 11.5 Å². The molecule has 0 atom stereocenters. The highest BCUT2D eigenvalue weighted by molar-refractivity contribution is 6.83. The summed E-state index contributed by atoms with van der Waals surface area (Å²) in [4.78, 5) is 11.1. The molecule has 2 nitrogen and oxygen atoms in total. The topological polar surface area (TPSA) is 29.1 Å². The SMILES string of the molecule is CCC(=O)NCCCCc1cccc(C#C[Si](C)(C)C)c1. The lowest BCUT2D eigenvalue weighted by Gasteiger charge is -2.05. The smallest absolute Gasteiger partial charge is 0.219 e. The van der Waals surface area contributed by atoms with E-state index in [1.54, 1.807) is 0 Å². The van der Waals surface area contributed by atoms with Crippen LogP contribution in [0.5, 0.6) is 0 Å². The Morgan fingerprint density at radius 2 is 2.00 bits per heavy atom. The first-order valence-electron chi connectivity index (χ1n) is 7.79. The van der Waals surface area contributed by atoms with Gasteiger partial charge in [0.05, 0.1) is 0 Å². The molecule has 1 aromatic rings. The number of carbonyl (C=O) groups is 1. The van der Waals surface area contributed by atoms with Crippen LogP contribution in [0.1, 0.15) is 37.3 Å². The largest absolute Gasteiger partial charge is 0.356 e. The molecule has 0 saturated carbocycles. The van der Waals surface area contributed by atoms with Crippen LogP contribution in [0.15, 0.2) is 24.3 Å². The van der Waals surface area contributed by atoms with E-state index in [4.69, 9.17) is 0 Å². The van der Waals surface area contributed by atoms with Gasteiger partial charge < -0.3 is 5.32 Å². The summed E-state index contributed by atoms with van der Waals surface area (Å²) in [5.74, 6) is 3.44. The Kier molecular flexibility index (Phi) is 7.25. The van der Waals surface area contributed by atoms with Crippen LogP contribution in [0.2, 0.25) is 19.6 Å². The predicted molar refractivity (Wildman–Crippen MR) is 92.9 cm³/mol. The first-order valence-corrected chi connectivity index (χ1v) is 11.3. The Morgan fingerprint density at radius 1 is 1.24 bits per heavy atom. The van der Waals surface area contributed by atoms with Gasteiger partial charge in [0.25, 0.3) is 0 Å². The fraction of sp³-hybridized carbons (Fsp3) is 0.500. The molecule has 0 radical (unpaired) electrons. The average Bonchev–Trinajstić information content (AvgIpc) is 2.44. The van der Waals surface area contributed by atoms with Crippen molar-refractivity contribution < 1.29 is 4.79 Å². The minimum absolute atomic E-state index is 0.138. The van der Waals surface area contributed by atoms with Gasteiger partial charge in [-0.3, -0.25) is 4.79 Å². The van der Waals surface area contributed by atoms with Gasteiger partial charge in [-0.15, -0.1) is 5.54 Å². The van der Waals surface area contributed by atoms with Crippen molar-refractivity contribution in [2.75, 3.05) is 6.54 Å². The van der Waals surface area contributed by atoms with Gasteiger partial charge in [-0.05, 0) is 37.0 Å². The van der Waals surface area contributed by atoms with E-state index in [0.29, 0.717) is 6.42 Å². The van der Waals surface area contributed by atoms with E-state index < -0.39 is 8.07 Å². The molecule has 0 fully saturated rings. The van der Waals surface area contributed by atoms with Crippen molar-refractivity contribution in [2.24, 2.45) is 0 Å². The Morgan fingerprint density at radius 3 is 2.67 bits per heavy atom. The fourth-order valence-corrected chi connectivity index (χ4v) is 2.39. The average molecular weight is 302 g/mol. The molecule has 1 aromatic carbocycles. The number of benzene rings is 1. The van der Waals surface area contributed by atoms with Crippen LogP contribution < -0.4 is 5.32 Å². The minimum atomic E-state index is -1.31. The third-order valence-electron chi connectivity index (χ3n) is 3.04. The van der Waals surface area contributed by atoms with Gasteiger partial charge in [0.1, 0.15) is 8.07 Å². The second-order valence-corrected chi connectivity index (χ2v) is 11.1. The third-order valence-corrected chi connectivity index (χ3v) is 3.92. The summed E-state index contributed by atoms with van der Waals surface area (Å²) in [5, 5.41) is 2.91. The summed E-state index contributed by atoms with van der Waals surface area (Å²) < 4.78 is 0. The zero-order valence-corrected chi connectivity index (χ0v) is 14.8. The molecule has 21 heavy (non-hydrogen) atoms. The van der Waals surface area contributed by atoms with Crippen molar-refractivity contribution in [2.45, 2.75) is 52.2 Å². The molecule has 3 heteroatoms. The van der Waals surface area contributed by atoms with Crippen LogP contribution in [0.4, 0.5) is 0 Å².